The van der Waals surface area contributed by atoms with Crippen molar-refractivity contribution in [3.05, 3.63) is 93.3 Å². The number of carbonyl (C=O) groups is 2. The van der Waals surface area contributed by atoms with Crippen LogP contribution in [-0.2, 0) is 11.4 Å². The molecule has 164 valence electrons. The van der Waals surface area contributed by atoms with E-state index < -0.39 is 5.91 Å². The third-order valence-electron chi connectivity index (χ3n) is 4.88. The van der Waals surface area contributed by atoms with Crippen LogP contribution in [0.25, 0.3) is 6.08 Å². The third kappa shape index (κ3) is 4.87. The highest BCUT2D eigenvalue weighted by molar-refractivity contribution is 8.19. The number of hydrogen-bond acceptors (Lipinski definition) is 6. The Balaban J connectivity index is 1.54. The van der Waals surface area contributed by atoms with Crippen molar-refractivity contribution in [2.45, 2.75) is 6.61 Å². The van der Waals surface area contributed by atoms with Gasteiger partial charge in [0.1, 0.15) is 6.61 Å². The average molecular weight is 477 g/mol. The largest absolute Gasteiger partial charge is 0.493 e. The first kappa shape index (κ1) is 22.5. The van der Waals surface area contributed by atoms with Gasteiger partial charge in [-0.15, -0.1) is 0 Å². The van der Waals surface area contributed by atoms with Crippen LogP contribution >= 0.6 is 23.4 Å². The van der Waals surface area contributed by atoms with Crippen LogP contribution in [-0.4, -0.2) is 18.3 Å². The van der Waals surface area contributed by atoms with Crippen LogP contribution < -0.4 is 14.4 Å². The van der Waals surface area contributed by atoms with E-state index in [0.29, 0.717) is 38.2 Å². The van der Waals surface area contributed by atoms with Gasteiger partial charge in [0.25, 0.3) is 11.1 Å². The summed E-state index contributed by atoms with van der Waals surface area (Å²) in [5.74, 6) is 0.562. The monoisotopic (exact) mass is 476 g/mol. The number of ether oxygens (including phenoxy) is 2. The minimum Gasteiger partial charge on any atom is -0.493 e. The number of carbonyl (C=O) groups excluding carboxylic acids is 2. The molecule has 1 aliphatic heterocycles. The maximum atomic E-state index is 12.8. The number of halogens is 1. The molecule has 0 spiro atoms. The van der Waals surface area contributed by atoms with E-state index in [9.17, 15) is 14.9 Å². The lowest BCUT2D eigenvalue weighted by atomic mass is 10.1. The van der Waals surface area contributed by atoms with Crippen LogP contribution in [0.5, 0.6) is 11.5 Å². The van der Waals surface area contributed by atoms with Crippen molar-refractivity contribution >= 4 is 46.3 Å². The van der Waals surface area contributed by atoms with E-state index in [-0.39, 0.29) is 11.8 Å². The summed E-state index contributed by atoms with van der Waals surface area (Å²) >= 11 is 6.77. The number of thioether (sulfide) groups is 1. The second-order valence-corrected chi connectivity index (χ2v) is 8.39. The van der Waals surface area contributed by atoms with Gasteiger partial charge >= 0.3 is 0 Å². The van der Waals surface area contributed by atoms with Gasteiger partial charge < -0.3 is 9.47 Å². The summed E-state index contributed by atoms with van der Waals surface area (Å²) in [5.41, 5.74) is 2.45. The Kier molecular flexibility index (Phi) is 6.68. The Labute approximate surface area is 200 Å². The van der Waals surface area contributed by atoms with Crippen molar-refractivity contribution in [1.82, 2.24) is 0 Å². The molecule has 6 nitrogen and oxygen atoms in total. The first-order valence-corrected chi connectivity index (χ1v) is 11.0. The minimum absolute atomic E-state index is 0.208. The van der Waals surface area contributed by atoms with Crippen LogP contribution in [0, 0.1) is 11.3 Å². The number of imide groups is 1. The summed E-state index contributed by atoms with van der Waals surface area (Å²) in [5, 5.41) is 9.37. The minimum atomic E-state index is -0.403. The quantitative estimate of drug-likeness (QED) is 0.403. The topological polar surface area (TPSA) is 79.6 Å². The molecule has 8 heteroatoms. The molecule has 0 unspecified atom stereocenters. The maximum absolute atomic E-state index is 12.8. The molecule has 0 saturated carbocycles. The predicted octanol–water partition coefficient (Wildman–Crippen LogP) is 6.04. The molecule has 2 amide bonds. The van der Waals surface area contributed by atoms with Crippen molar-refractivity contribution in [2.24, 2.45) is 0 Å². The van der Waals surface area contributed by atoms with Gasteiger partial charge in [-0.1, -0.05) is 35.9 Å². The molecule has 33 heavy (non-hydrogen) atoms. The zero-order valence-corrected chi connectivity index (χ0v) is 19.0. The molecule has 0 aliphatic carbocycles. The van der Waals surface area contributed by atoms with Crippen molar-refractivity contribution in [3.63, 3.8) is 0 Å². The molecule has 0 radical (unpaired) electrons. The molecule has 1 saturated heterocycles. The Morgan fingerprint density at radius 1 is 1.06 bits per heavy atom. The predicted molar refractivity (Wildman–Crippen MR) is 128 cm³/mol. The summed E-state index contributed by atoms with van der Waals surface area (Å²) in [6.07, 6.45) is 1.64. The molecule has 3 aromatic carbocycles. The molecular weight excluding hydrogens is 460 g/mol. The number of methoxy groups -OCH3 is 1. The summed E-state index contributed by atoms with van der Waals surface area (Å²) in [6.45, 7) is 0.208. The van der Waals surface area contributed by atoms with Gasteiger partial charge in [0.05, 0.1) is 29.3 Å². The van der Waals surface area contributed by atoms with Gasteiger partial charge in [0.2, 0.25) is 0 Å². The van der Waals surface area contributed by atoms with Crippen LogP contribution in [0.1, 0.15) is 16.7 Å². The van der Waals surface area contributed by atoms with E-state index in [2.05, 4.69) is 6.07 Å². The number of anilines is 1. The molecule has 3 aromatic rings. The highest BCUT2D eigenvalue weighted by Gasteiger charge is 2.36. The van der Waals surface area contributed by atoms with Crippen LogP contribution in [0.2, 0.25) is 5.02 Å². The van der Waals surface area contributed by atoms with Gasteiger partial charge in [-0.3, -0.25) is 9.59 Å². The van der Waals surface area contributed by atoms with Gasteiger partial charge in [-0.05, 0) is 65.9 Å². The van der Waals surface area contributed by atoms with Gasteiger partial charge in [0, 0.05) is 10.6 Å². The number of hydrogen-bond donors (Lipinski definition) is 0. The van der Waals surface area contributed by atoms with E-state index in [1.807, 2.05) is 12.1 Å². The molecule has 1 fully saturated rings. The number of benzene rings is 3. The van der Waals surface area contributed by atoms with Crippen molar-refractivity contribution in [3.8, 4) is 17.6 Å². The molecule has 1 aliphatic rings. The van der Waals surface area contributed by atoms with Crippen molar-refractivity contribution < 1.29 is 19.1 Å². The summed E-state index contributed by atoms with van der Waals surface area (Å²) in [4.78, 5) is 26.7. The molecular formula is C25H17ClN2O4S. The van der Waals surface area contributed by atoms with Crippen LogP contribution in [0.4, 0.5) is 10.5 Å². The highest BCUT2D eigenvalue weighted by Crippen LogP contribution is 2.37. The van der Waals surface area contributed by atoms with E-state index in [1.54, 1.807) is 60.7 Å². The zero-order chi connectivity index (χ0) is 23.4. The maximum Gasteiger partial charge on any atom is 0.298 e. The van der Waals surface area contributed by atoms with Crippen molar-refractivity contribution in [2.75, 3.05) is 12.0 Å². The van der Waals surface area contributed by atoms with E-state index in [1.165, 1.54) is 7.11 Å². The molecule has 1 heterocycles. The number of rotatable bonds is 6. The average Bonchev–Trinajstić information content (AvgIpc) is 3.11. The Bertz CT molecular complexity index is 1300. The fraction of sp³-hybridized carbons (Fsp3) is 0.0800. The van der Waals surface area contributed by atoms with E-state index in [4.69, 9.17) is 21.1 Å². The zero-order valence-electron chi connectivity index (χ0n) is 17.4. The third-order valence-corrected chi connectivity index (χ3v) is 6.01. The second kappa shape index (κ2) is 9.82. The summed E-state index contributed by atoms with van der Waals surface area (Å²) < 4.78 is 11.3. The van der Waals surface area contributed by atoms with Gasteiger partial charge in [-0.25, -0.2) is 4.90 Å². The summed E-state index contributed by atoms with van der Waals surface area (Å²) in [7, 11) is 1.52. The highest BCUT2D eigenvalue weighted by atomic mass is 35.5. The molecule has 0 bridgehead atoms. The lowest BCUT2D eigenvalue weighted by Crippen LogP contribution is -2.27. The Morgan fingerprint density at radius 2 is 1.82 bits per heavy atom. The Morgan fingerprint density at radius 3 is 2.55 bits per heavy atom. The van der Waals surface area contributed by atoms with Gasteiger partial charge in [-0.2, -0.15) is 5.26 Å². The first-order chi connectivity index (χ1) is 16.0. The van der Waals surface area contributed by atoms with Crippen LogP contribution in [0.15, 0.2) is 71.6 Å². The fourth-order valence-corrected chi connectivity index (χ4v) is 4.20. The molecule has 0 aromatic heterocycles. The van der Waals surface area contributed by atoms with E-state index in [0.717, 1.165) is 22.2 Å². The molecule has 0 atom stereocenters. The normalized spacial score (nSPS) is 14.5. The second-order valence-electron chi connectivity index (χ2n) is 6.96. The smallest absolute Gasteiger partial charge is 0.298 e. The van der Waals surface area contributed by atoms with E-state index >= 15 is 0 Å². The molecule has 0 N–H and O–H groups in total. The standard InChI is InChI=1S/C25H17ClN2O4S/c1-31-22-12-16(6-11-21(22)32-15-18-5-3-2-4-17(18)14-27)13-23-24(29)28(25(30)33-23)20-9-7-19(26)8-10-20/h2-13H,15H2,1H3/b23-13+. The number of nitriles is 1. The van der Waals surface area contributed by atoms with Crippen molar-refractivity contribution in [1.29, 1.82) is 5.26 Å². The molecule has 4 rings (SSSR count). The number of amides is 2. The number of nitrogens with zero attached hydrogens (tertiary/aromatic N) is 2. The Hall–Kier alpha value is -3.73. The fourth-order valence-electron chi connectivity index (χ4n) is 3.24. The SMILES string of the molecule is COc1cc(/C=C2/SC(=O)N(c3ccc(Cl)cc3)C2=O)ccc1OCc1ccccc1C#N. The van der Waals surface area contributed by atoms with Gasteiger partial charge in [0.15, 0.2) is 11.5 Å². The van der Waals surface area contributed by atoms with Crippen LogP contribution in [0.3, 0.4) is 0 Å². The lowest BCUT2D eigenvalue weighted by molar-refractivity contribution is -0.113. The summed E-state index contributed by atoms with van der Waals surface area (Å²) in [6, 6.07) is 21.1. The first-order valence-electron chi connectivity index (χ1n) is 9.82. The lowest BCUT2D eigenvalue weighted by Gasteiger charge is -2.13.